The fourth-order valence-electron chi connectivity index (χ4n) is 1.48. The van der Waals surface area contributed by atoms with Gasteiger partial charge in [-0.3, -0.25) is 4.79 Å². The monoisotopic (exact) mass is 232 g/mol. The van der Waals surface area contributed by atoms with Crippen molar-refractivity contribution in [3.8, 4) is 0 Å². The average Bonchev–Trinajstić information content (AvgIpc) is 2.26. The molecule has 0 N–H and O–H groups in total. The van der Waals surface area contributed by atoms with Crippen LogP contribution in [0.4, 0.5) is 0 Å². The molecule has 0 bridgehead atoms. The number of esters is 1. The molecule has 0 aromatic heterocycles. The molecule has 0 saturated heterocycles. The van der Waals surface area contributed by atoms with E-state index in [1.165, 1.54) is 0 Å². The summed E-state index contributed by atoms with van der Waals surface area (Å²) >= 11 is 0. The first kappa shape index (κ1) is 15.4. The van der Waals surface area contributed by atoms with E-state index in [1.807, 2.05) is 27.7 Å². The lowest BCUT2D eigenvalue weighted by molar-refractivity contribution is -0.164. The molecule has 0 unspecified atom stereocenters. The predicted octanol–water partition coefficient (Wildman–Crippen LogP) is 2.36. The summed E-state index contributed by atoms with van der Waals surface area (Å²) in [6.45, 7) is 9.20. The zero-order valence-electron chi connectivity index (χ0n) is 10.8. The third-order valence-electron chi connectivity index (χ3n) is 2.29. The fraction of sp³-hybridized carbons (Fsp3) is 0.917. The van der Waals surface area contributed by atoms with Crippen molar-refractivity contribution in [1.82, 2.24) is 0 Å². The molecule has 0 radical (unpaired) electrons. The molecule has 0 aliphatic carbocycles. The van der Waals surface area contributed by atoms with Crippen LogP contribution in [-0.4, -0.2) is 32.1 Å². The summed E-state index contributed by atoms with van der Waals surface area (Å²) in [5.74, 6) is -0.294. The van der Waals surface area contributed by atoms with Crippen LogP contribution in [0.3, 0.4) is 0 Å². The SMILES string of the molecule is CCOC(=O)[C@@H](CC)CC(OCC)OCC. The van der Waals surface area contributed by atoms with E-state index in [4.69, 9.17) is 14.2 Å². The van der Waals surface area contributed by atoms with E-state index in [0.29, 0.717) is 26.2 Å². The van der Waals surface area contributed by atoms with E-state index in [1.54, 1.807) is 0 Å². The normalized spacial score (nSPS) is 12.8. The van der Waals surface area contributed by atoms with Crippen LogP contribution < -0.4 is 0 Å². The summed E-state index contributed by atoms with van der Waals surface area (Å²) in [5.41, 5.74) is 0. The third kappa shape index (κ3) is 6.08. The maximum absolute atomic E-state index is 11.6. The van der Waals surface area contributed by atoms with Gasteiger partial charge >= 0.3 is 5.97 Å². The lowest BCUT2D eigenvalue weighted by Crippen LogP contribution is -2.26. The van der Waals surface area contributed by atoms with Crippen molar-refractivity contribution in [2.45, 2.75) is 46.8 Å². The van der Waals surface area contributed by atoms with Crippen molar-refractivity contribution >= 4 is 5.97 Å². The minimum atomic E-state index is -0.302. The van der Waals surface area contributed by atoms with Crippen LogP contribution in [0.25, 0.3) is 0 Å². The van der Waals surface area contributed by atoms with E-state index >= 15 is 0 Å². The van der Waals surface area contributed by atoms with Crippen LogP contribution in [0, 0.1) is 5.92 Å². The van der Waals surface area contributed by atoms with Gasteiger partial charge in [-0.05, 0) is 27.2 Å². The summed E-state index contributed by atoms with van der Waals surface area (Å²) < 4.78 is 15.8. The van der Waals surface area contributed by atoms with Gasteiger partial charge in [0.05, 0.1) is 12.5 Å². The number of hydrogen-bond acceptors (Lipinski definition) is 4. The lowest BCUT2D eigenvalue weighted by Gasteiger charge is -2.21. The fourth-order valence-corrected chi connectivity index (χ4v) is 1.48. The Bertz CT molecular complexity index is 176. The van der Waals surface area contributed by atoms with Crippen molar-refractivity contribution in [2.24, 2.45) is 5.92 Å². The molecule has 96 valence electrons. The molecule has 0 amide bonds. The molecule has 16 heavy (non-hydrogen) atoms. The molecule has 0 aromatic rings. The molecule has 0 saturated carbocycles. The van der Waals surface area contributed by atoms with Crippen molar-refractivity contribution in [3.63, 3.8) is 0 Å². The van der Waals surface area contributed by atoms with Crippen LogP contribution >= 0.6 is 0 Å². The van der Waals surface area contributed by atoms with Crippen LogP contribution in [-0.2, 0) is 19.0 Å². The smallest absolute Gasteiger partial charge is 0.309 e. The summed E-state index contributed by atoms with van der Waals surface area (Å²) in [6, 6.07) is 0. The first-order chi connectivity index (χ1) is 7.69. The Morgan fingerprint density at radius 3 is 1.94 bits per heavy atom. The molecule has 0 aliphatic rings. The maximum atomic E-state index is 11.6. The Morgan fingerprint density at radius 2 is 1.56 bits per heavy atom. The minimum Gasteiger partial charge on any atom is -0.466 e. The van der Waals surface area contributed by atoms with Gasteiger partial charge in [-0.1, -0.05) is 6.92 Å². The minimum absolute atomic E-state index is 0.136. The highest BCUT2D eigenvalue weighted by molar-refractivity contribution is 5.72. The van der Waals surface area contributed by atoms with E-state index in [2.05, 4.69) is 0 Å². The number of hydrogen-bond donors (Lipinski definition) is 0. The highest BCUT2D eigenvalue weighted by Crippen LogP contribution is 2.16. The van der Waals surface area contributed by atoms with E-state index in [9.17, 15) is 4.79 Å². The third-order valence-corrected chi connectivity index (χ3v) is 2.29. The van der Waals surface area contributed by atoms with Crippen LogP contribution in [0.2, 0.25) is 0 Å². The molecule has 4 heteroatoms. The molecule has 1 atom stereocenters. The van der Waals surface area contributed by atoms with Crippen molar-refractivity contribution in [3.05, 3.63) is 0 Å². The Hall–Kier alpha value is -0.610. The highest BCUT2D eigenvalue weighted by Gasteiger charge is 2.23. The first-order valence-electron chi connectivity index (χ1n) is 6.09. The second-order valence-corrected chi connectivity index (χ2v) is 3.43. The molecule has 0 fully saturated rings. The molecule has 0 heterocycles. The zero-order chi connectivity index (χ0) is 12.4. The summed E-state index contributed by atoms with van der Waals surface area (Å²) in [6.07, 6.45) is 1.01. The standard InChI is InChI=1S/C12H24O4/c1-5-10(12(13)16-8-4)9-11(14-6-2)15-7-3/h10-11H,5-9H2,1-4H3/t10-/m0/s1. The zero-order valence-corrected chi connectivity index (χ0v) is 10.8. The molecule has 4 nitrogen and oxygen atoms in total. The van der Waals surface area contributed by atoms with Crippen molar-refractivity contribution in [1.29, 1.82) is 0 Å². The molecular weight excluding hydrogens is 208 g/mol. The van der Waals surface area contributed by atoms with E-state index in [-0.39, 0.29) is 18.2 Å². The van der Waals surface area contributed by atoms with Crippen molar-refractivity contribution < 1.29 is 19.0 Å². The molecule has 0 aromatic carbocycles. The van der Waals surface area contributed by atoms with Gasteiger partial charge in [0, 0.05) is 19.6 Å². The summed E-state index contributed by atoms with van der Waals surface area (Å²) in [7, 11) is 0. The largest absolute Gasteiger partial charge is 0.466 e. The van der Waals surface area contributed by atoms with Gasteiger partial charge in [0.15, 0.2) is 6.29 Å². The number of carbonyl (C=O) groups is 1. The molecule has 0 spiro atoms. The second kappa shape index (κ2) is 9.60. The predicted molar refractivity (Wildman–Crippen MR) is 62.1 cm³/mol. The van der Waals surface area contributed by atoms with Gasteiger partial charge in [-0.15, -0.1) is 0 Å². The van der Waals surface area contributed by atoms with Gasteiger partial charge in [-0.25, -0.2) is 0 Å². The van der Waals surface area contributed by atoms with E-state index in [0.717, 1.165) is 6.42 Å². The highest BCUT2D eigenvalue weighted by atomic mass is 16.7. The molecular formula is C12H24O4. The van der Waals surface area contributed by atoms with Gasteiger partial charge in [-0.2, -0.15) is 0 Å². The van der Waals surface area contributed by atoms with Gasteiger partial charge in [0.1, 0.15) is 0 Å². The average molecular weight is 232 g/mol. The quantitative estimate of drug-likeness (QED) is 0.452. The first-order valence-corrected chi connectivity index (χ1v) is 6.09. The Morgan fingerprint density at radius 1 is 1.00 bits per heavy atom. The Balaban J connectivity index is 4.18. The number of carbonyl (C=O) groups excluding carboxylic acids is 1. The van der Waals surface area contributed by atoms with Crippen molar-refractivity contribution in [2.75, 3.05) is 19.8 Å². The van der Waals surface area contributed by atoms with Crippen LogP contribution in [0.5, 0.6) is 0 Å². The van der Waals surface area contributed by atoms with Crippen LogP contribution in [0.1, 0.15) is 40.5 Å². The maximum Gasteiger partial charge on any atom is 0.309 e. The topological polar surface area (TPSA) is 44.8 Å². The number of rotatable bonds is 9. The van der Waals surface area contributed by atoms with Gasteiger partial charge in [0.25, 0.3) is 0 Å². The van der Waals surface area contributed by atoms with E-state index < -0.39 is 0 Å². The Kier molecular flexibility index (Phi) is 9.24. The Labute approximate surface area is 98.3 Å². The van der Waals surface area contributed by atoms with Gasteiger partial charge < -0.3 is 14.2 Å². The molecule has 0 rings (SSSR count). The summed E-state index contributed by atoms with van der Waals surface area (Å²) in [4.78, 5) is 11.6. The number of ether oxygens (including phenoxy) is 3. The van der Waals surface area contributed by atoms with Gasteiger partial charge in [0.2, 0.25) is 0 Å². The lowest BCUT2D eigenvalue weighted by atomic mass is 10.0. The second-order valence-electron chi connectivity index (χ2n) is 3.43. The molecule has 0 aliphatic heterocycles. The van der Waals surface area contributed by atoms with Crippen LogP contribution in [0.15, 0.2) is 0 Å². The summed E-state index contributed by atoms with van der Waals surface area (Å²) in [5, 5.41) is 0.